The van der Waals surface area contributed by atoms with E-state index in [1.165, 1.54) is 11.1 Å². The van der Waals surface area contributed by atoms with Crippen LogP contribution in [0.2, 0.25) is 0 Å². The average Bonchev–Trinajstić information content (AvgIpc) is 2.42. The maximum Gasteiger partial charge on any atom is 0.222 e. The molecule has 0 aliphatic rings. The molecule has 1 amide bonds. The second-order valence-corrected chi connectivity index (χ2v) is 5.12. The van der Waals surface area contributed by atoms with Gasteiger partial charge in [0.25, 0.3) is 0 Å². The Labute approximate surface area is 116 Å². The standard InChI is InChI=1S/C16H25NO2/c1-4-14-5-7-15(8-6-14)9-10-16(19)17(3)12-11-13(2)18/h5-8,13,18H,4,9-12H2,1-3H3. The van der Waals surface area contributed by atoms with Crippen molar-refractivity contribution in [1.82, 2.24) is 4.90 Å². The van der Waals surface area contributed by atoms with Crippen molar-refractivity contribution in [1.29, 1.82) is 0 Å². The van der Waals surface area contributed by atoms with Gasteiger partial charge >= 0.3 is 0 Å². The summed E-state index contributed by atoms with van der Waals surface area (Å²) in [7, 11) is 1.80. The van der Waals surface area contributed by atoms with Gasteiger partial charge in [-0.2, -0.15) is 0 Å². The van der Waals surface area contributed by atoms with Crippen LogP contribution in [0, 0.1) is 0 Å². The molecule has 0 heterocycles. The molecule has 0 saturated heterocycles. The summed E-state index contributed by atoms with van der Waals surface area (Å²) in [5, 5.41) is 9.20. The van der Waals surface area contributed by atoms with Crippen LogP contribution in [0.5, 0.6) is 0 Å². The van der Waals surface area contributed by atoms with E-state index in [2.05, 4.69) is 31.2 Å². The quantitative estimate of drug-likeness (QED) is 0.820. The first-order valence-electron chi connectivity index (χ1n) is 7.02. The smallest absolute Gasteiger partial charge is 0.222 e. The molecule has 19 heavy (non-hydrogen) atoms. The molecule has 3 heteroatoms. The Bertz CT molecular complexity index is 384. The highest BCUT2D eigenvalue weighted by Gasteiger charge is 2.09. The number of aryl methyl sites for hydroxylation is 2. The lowest BCUT2D eigenvalue weighted by molar-refractivity contribution is -0.130. The van der Waals surface area contributed by atoms with Crippen LogP contribution in [0.15, 0.2) is 24.3 Å². The highest BCUT2D eigenvalue weighted by molar-refractivity contribution is 5.76. The third kappa shape index (κ3) is 5.88. The summed E-state index contributed by atoms with van der Waals surface area (Å²) in [5.74, 6) is 0.139. The largest absolute Gasteiger partial charge is 0.393 e. The highest BCUT2D eigenvalue weighted by Crippen LogP contribution is 2.08. The summed E-state index contributed by atoms with van der Waals surface area (Å²) in [6, 6.07) is 8.44. The number of nitrogens with zero attached hydrogens (tertiary/aromatic N) is 1. The molecule has 0 spiro atoms. The highest BCUT2D eigenvalue weighted by atomic mass is 16.3. The summed E-state index contributed by atoms with van der Waals surface area (Å²) in [6.07, 6.45) is 2.63. The first kappa shape index (κ1) is 15.7. The third-order valence-corrected chi connectivity index (χ3v) is 3.37. The molecular weight excluding hydrogens is 238 g/mol. The Hall–Kier alpha value is -1.35. The second kappa shape index (κ2) is 7.95. The first-order chi connectivity index (χ1) is 9.02. The van der Waals surface area contributed by atoms with Gasteiger partial charge in [0.05, 0.1) is 6.10 Å². The van der Waals surface area contributed by atoms with Crippen LogP contribution < -0.4 is 0 Å². The number of aliphatic hydroxyl groups excluding tert-OH is 1. The van der Waals surface area contributed by atoms with Crippen molar-refractivity contribution in [2.75, 3.05) is 13.6 Å². The fraction of sp³-hybridized carbons (Fsp3) is 0.562. The number of rotatable bonds is 7. The SMILES string of the molecule is CCc1ccc(CCC(=O)N(C)CCC(C)O)cc1. The van der Waals surface area contributed by atoms with Crippen LogP contribution in [-0.4, -0.2) is 35.6 Å². The maximum absolute atomic E-state index is 11.9. The Balaban J connectivity index is 2.36. The van der Waals surface area contributed by atoms with E-state index < -0.39 is 0 Å². The van der Waals surface area contributed by atoms with Gasteiger partial charge in [-0.3, -0.25) is 4.79 Å². The minimum atomic E-state index is -0.350. The van der Waals surface area contributed by atoms with E-state index in [-0.39, 0.29) is 12.0 Å². The Morgan fingerprint density at radius 2 is 1.84 bits per heavy atom. The molecule has 1 N–H and O–H groups in total. The fourth-order valence-electron chi connectivity index (χ4n) is 1.89. The van der Waals surface area contributed by atoms with E-state index >= 15 is 0 Å². The molecule has 1 rings (SSSR count). The fourth-order valence-corrected chi connectivity index (χ4v) is 1.89. The van der Waals surface area contributed by atoms with Gasteiger partial charge in [0, 0.05) is 20.0 Å². The number of benzene rings is 1. The number of hydrogen-bond acceptors (Lipinski definition) is 2. The second-order valence-electron chi connectivity index (χ2n) is 5.12. The predicted molar refractivity (Wildman–Crippen MR) is 78.1 cm³/mol. The number of carbonyl (C=O) groups is 1. The monoisotopic (exact) mass is 263 g/mol. The molecule has 0 aromatic heterocycles. The van der Waals surface area contributed by atoms with E-state index in [1.54, 1.807) is 18.9 Å². The van der Waals surface area contributed by atoms with Crippen LogP contribution in [0.1, 0.15) is 37.8 Å². The first-order valence-corrected chi connectivity index (χ1v) is 7.02. The van der Waals surface area contributed by atoms with Gasteiger partial charge in [-0.05, 0) is 37.3 Å². The number of hydrogen-bond donors (Lipinski definition) is 1. The molecule has 0 aliphatic heterocycles. The Morgan fingerprint density at radius 1 is 1.26 bits per heavy atom. The minimum Gasteiger partial charge on any atom is -0.393 e. The van der Waals surface area contributed by atoms with Crippen molar-refractivity contribution in [2.24, 2.45) is 0 Å². The number of amides is 1. The number of carbonyl (C=O) groups excluding carboxylic acids is 1. The molecule has 1 aromatic carbocycles. The molecule has 1 aromatic rings. The molecule has 1 unspecified atom stereocenters. The molecule has 0 fully saturated rings. The van der Waals surface area contributed by atoms with Crippen LogP contribution in [0.25, 0.3) is 0 Å². The van der Waals surface area contributed by atoms with Crippen molar-refractivity contribution in [2.45, 2.75) is 45.6 Å². The molecule has 0 bridgehead atoms. The zero-order chi connectivity index (χ0) is 14.3. The predicted octanol–water partition coefficient (Wildman–Crippen LogP) is 2.41. The normalized spacial score (nSPS) is 12.2. The maximum atomic E-state index is 11.9. The van der Waals surface area contributed by atoms with E-state index in [0.717, 1.165) is 12.8 Å². The lowest BCUT2D eigenvalue weighted by Crippen LogP contribution is -2.29. The average molecular weight is 263 g/mol. The molecule has 1 atom stereocenters. The Morgan fingerprint density at radius 3 is 2.37 bits per heavy atom. The summed E-state index contributed by atoms with van der Waals surface area (Å²) in [6.45, 7) is 4.49. The van der Waals surface area contributed by atoms with Crippen LogP contribution in [0.4, 0.5) is 0 Å². The van der Waals surface area contributed by atoms with Gasteiger partial charge in [0.15, 0.2) is 0 Å². The van der Waals surface area contributed by atoms with Gasteiger partial charge in [-0.1, -0.05) is 31.2 Å². The van der Waals surface area contributed by atoms with Gasteiger partial charge in [-0.25, -0.2) is 0 Å². The molecule has 0 aliphatic carbocycles. The summed E-state index contributed by atoms with van der Waals surface area (Å²) in [5.41, 5.74) is 2.53. The van der Waals surface area contributed by atoms with E-state index in [1.807, 2.05) is 0 Å². The van der Waals surface area contributed by atoms with E-state index in [9.17, 15) is 9.90 Å². The zero-order valence-electron chi connectivity index (χ0n) is 12.2. The summed E-state index contributed by atoms with van der Waals surface area (Å²) in [4.78, 5) is 13.6. The van der Waals surface area contributed by atoms with E-state index in [0.29, 0.717) is 19.4 Å². The van der Waals surface area contributed by atoms with Gasteiger partial charge < -0.3 is 10.0 Å². The van der Waals surface area contributed by atoms with Crippen molar-refractivity contribution >= 4 is 5.91 Å². The van der Waals surface area contributed by atoms with Gasteiger partial charge in [-0.15, -0.1) is 0 Å². The van der Waals surface area contributed by atoms with E-state index in [4.69, 9.17) is 0 Å². The topological polar surface area (TPSA) is 40.5 Å². The summed E-state index contributed by atoms with van der Waals surface area (Å²) < 4.78 is 0. The van der Waals surface area contributed by atoms with Crippen LogP contribution >= 0.6 is 0 Å². The molecule has 0 saturated carbocycles. The van der Waals surface area contributed by atoms with Gasteiger partial charge in [0.1, 0.15) is 0 Å². The number of aliphatic hydroxyl groups is 1. The van der Waals surface area contributed by atoms with Crippen molar-refractivity contribution in [3.63, 3.8) is 0 Å². The van der Waals surface area contributed by atoms with Gasteiger partial charge in [0.2, 0.25) is 5.91 Å². The van der Waals surface area contributed by atoms with Crippen molar-refractivity contribution in [3.05, 3.63) is 35.4 Å². The molecule has 0 radical (unpaired) electrons. The lowest BCUT2D eigenvalue weighted by atomic mass is 10.1. The molecule has 106 valence electrons. The molecular formula is C16H25NO2. The molecule has 3 nitrogen and oxygen atoms in total. The third-order valence-electron chi connectivity index (χ3n) is 3.37. The minimum absolute atomic E-state index is 0.139. The Kier molecular flexibility index (Phi) is 6.57. The summed E-state index contributed by atoms with van der Waals surface area (Å²) >= 11 is 0. The lowest BCUT2D eigenvalue weighted by Gasteiger charge is -2.18. The van der Waals surface area contributed by atoms with Crippen molar-refractivity contribution in [3.8, 4) is 0 Å². The van der Waals surface area contributed by atoms with Crippen LogP contribution in [-0.2, 0) is 17.6 Å². The zero-order valence-corrected chi connectivity index (χ0v) is 12.2. The van der Waals surface area contributed by atoms with Crippen LogP contribution in [0.3, 0.4) is 0 Å². The van der Waals surface area contributed by atoms with Crippen molar-refractivity contribution < 1.29 is 9.90 Å².